The molecule has 21 rings (SSSR count). The van der Waals surface area contributed by atoms with Gasteiger partial charge in [0.1, 0.15) is 135 Å². The third-order valence-electron chi connectivity index (χ3n) is 19.6. The predicted molar refractivity (Wildman–Crippen MR) is 510 cm³/mol. The normalized spacial score (nSPS) is 10.9. The third kappa shape index (κ3) is 17.6. The lowest BCUT2D eigenvalue weighted by Gasteiger charge is -2.28. The summed E-state index contributed by atoms with van der Waals surface area (Å²) in [5.41, 5.74) is 40.2. The van der Waals surface area contributed by atoms with Crippen molar-refractivity contribution in [1.82, 2.24) is 110 Å². The minimum Gasteiger partial charge on any atom is -0.395 e. The number of carbonyl (C=O) groups is 2. The molecule has 0 bridgehead atoms. The summed E-state index contributed by atoms with van der Waals surface area (Å²) in [7, 11) is 0. The van der Waals surface area contributed by atoms with Gasteiger partial charge in [0.15, 0.2) is 11.6 Å². The lowest BCUT2D eigenvalue weighted by atomic mass is 10.1. The Hall–Kier alpha value is -14.3. The minimum absolute atomic E-state index is 0. The standard InChI is InChI=1S/C26H18BrN7.C26H19N7.C14H15N.C12H4Br2N6.C10H8N6.C2Br2O2.CH3/c1-15-7-3-5-9-17(15)34(18-10-6-4-8-16(18)2)26-25(27)32-23-21-19(28-11-13-30-21)20-22(24(23)33-26)31-14-12-29-20;1-16-7-3-5-9-18(16)33(19-10-6-4-8-17(19)2)20-15-31-25-23-21(27-11-12-29-23)22-24(26(25)32-20)30-14-13-28-22;1-11-7-3-5-9-13(11)15-14-10-6-4-8-12(14)2;13-11-12(14)20-10-8-6(16-2-4-18-8)5-7(9(10)19-11)17-3-1-15-5;11-5-6(12)8-10(16-4-2-14-8)9-7(5)13-1-3-15-9;3-1(5)2(4)6;/h3-14H,1-2H3;3-15H,1-2H3;3-10,15H,1-2H3;1-4H;1-4H,11-12H2;;1H3/q;;;;;;-1. The number of hydrogen-bond acceptors (Lipinski definition) is 29. The molecule has 0 aliphatic heterocycles. The van der Waals surface area contributed by atoms with Gasteiger partial charge in [-0.1, -0.05) is 109 Å². The number of benzene rings is 10. The van der Waals surface area contributed by atoms with E-state index in [9.17, 15) is 9.59 Å². The maximum atomic E-state index is 9.66. The van der Waals surface area contributed by atoms with E-state index in [1.54, 1.807) is 105 Å². The number of fused-ring (bicyclic) bond motifs is 21. The summed E-state index contributed by atoms with van der Waals surface area (Å²) in [4.78, 5) is 123. The molecule has 614 valence electrons. The Balaban J connectivity index is 0.000000123. The van der Waals surface area contributed by atoms with Crippen LogP contribution in [0.25, 0.3) is 121 Å². The van der Waals surface area contributed by atoms with E-state index >= 15 is 0 Å². The molecule has 0 spiro atoms. The van der Waals surface area contributed by atoms with Crippen molar-refractivity contribution in [3.63, 3.8) is 0 Å². The maximum absolute atomic E-state index is 9.66. The second-order valence-electron chi connectivity index (χ2n) is 27.4. The van der Waals surface area contributed by atoms with Gasteiger partial charge in [0.05, 0.1) is 40.3 Å². The second kappa shape index (κ2) is 38.0. The van der Waals surface area contributed by atoms with Crippen LogP contribution in [0.3, 0.4) is 0 Å². The second-order valence-corrected chi connectivity index (χ2v) is 31.1. The number of para-hydroxylation sites is 6. The van der Waals surface area contributed by atoms with Gasteiger partial charge in [0.2, 0.25) is 0 Å². The Morgan fingerprint density at radius 1 is 0.264 bits per heavy atom. The number of hydrogen-bond donors (Lipinski definition) is 3. The van der Waals surface area contributed by atoms with Crippen LogP contribution in [-0.4, -0.2) is 119 Å². The zero-order valence-electron chi connectivity index (χ0n) is 67.3. The van der Waals surface area contributed by atoms with E-state index in [2.05, 4.69) is 311 Å². The molecule has 0 unspecified atom stereocenters. The fourth-order valence-electron chi connectivity index (χ4n) is 13.8. The predicted octanol–water partition coefficient (Wildman–Crippen LogP) is 21.1. The zero-order chi connectivity index (χ0) is 86.2. The van der Waals surface area contributed by atoms with Gasteiger partial charge >= 0.3 is 0 Å². The average molecular weight is 1970 g/mol. The van der Waals surface area contributed by atoms with Crippen molar-refractivity contribution in [1.29, 1.82) is 0 Å². The Labute approximate surface area is 754 Å². The van der Waals surface area contributed by atoms with Gasteiger partial charge in [0, 0.05) is 142 Å². The number of nitrogen functional groups attached to an aromatic ring is 2. The number of carbonyl (C=O) groups excluding carboxylic acids is 2. The number of nitrogens with zero attached hydrogens (tertiary/aromatic N) is 24. The van der Waals surface area contributed by atoms with Gasteiger partial charge in [-0.15, -0.1) is 0 Å². The lowest BCUT2D eigenvalue weighted by Crippen LogP contribution is -2.15. The van der Waals surface area contributed by atoms with Crippen LogP contribution >= 0.6 is 79.6 Å². The number of aromatic nitrogens is 22. The van der Waals surface area contributed by atoms with Crippen LogP contribution in [0.5, 0.6) is 0 Å². The fourth-order valence-corrected chi connectivity index (χ4v) is 14.7. The van der Waals surface area contributed by atoms with Crippen LogP contribution in [-0.2, 0) is 9.59 Å². The van der Waals surface area contributed by atoms with Crippen LogP contribution < -0.4 is 26.6 Å². The van der Waals surface area contributed by atoms with Crippen LogP contribution in [0.15, 0.2) is 265 Å². The fraction of sp³-hybridized carbons (Fsp3) is 0.0659. The first kappa shape index (κ1) is 85.7. The number of nitrogens with one attached hydrogen (secondary N) is 1. The molecule has 11 heterocycles. The van der Waals surface area contributed by atoms with Crippen molar-refractivity contribution >= 4 is 268 Å². The topological polar surface area (TPSA) is 388 Å². The lowest BCUT2D eigenvalue weighted by molar-refractivity contribution is -0.125. The first-order chi connectivity index (χ1) is 60.3. The summed E-state index contributed by atoms with van der Waals surface area (Å²) in [5.74, 6) is 1.35. The van der Waals surface area contributed by atoms with Crippen molar-refractivity contribution in [3.05, 3.63) is 306 Å². The highest BCUT2D eigenvalue weighted by Crippen LogP contribution is 2.44. The van der Waals surface area contributed by atoms with Crippen LogP contribution in [0.4, 0.5) is 57.1 Å². The summed E-state index contributed by atoms with van der Waals surface area (Å²) < 4.78 is 0.520. The number of anilines is 10. The zero-order valence-corrected chi connectivity index (χ0v) is 75.2. The molecule has 0 saturated carbocycles. The van der Waals surface area contributed by atoms with Crippen molar-refractivity contribution in [2.24, 2.45) is 0 Å². The van der Waals surface area contributed by atoms with Gasteiger partial charge in [-0.25, -0.2) is 29.9 Å². The first-order valence-electron chi connectivity index (χ1n) is 37.9. The molecule has 0 saturated heterocycles. The molecule has 0 fully saturated rings. The van der Waals surface area contributed by atoms with E-state index < -0.39 is 9.39 Å². The molecule has 0 amide bonds. The van der Waals surface area contributed by atoms with Crippen molar-refractivity contribution in [2.75, 3.05) is 26.6 Å². The van der Waals surface area contributed by atoms with Crippen molar-refractivity contribution < 1.29 is 9.59 Å². The summed E-state index contributed by atoms with van der Waals surface area (Å²) in [6, 6.07) is 49.6. The molecule has 125 heavy (non-hydrogen) atoms. The quantitative estimate of drug-likeness (QED) is 0.0302. The molecular weight excluding hydrogens is 1900 g/mol. The smallest absolute Gasteiger partial charge is 0.275 e. The maximum Gasteiger partial charge on any atom is 0.275 e. The summed E-state index contributed by atoms with van der Waals surface area (Å²) >= 11 is 15.2. The monoisotopic (exact) mass is 1960 g/mol. The Kier molecular flexibility index (Phi) is 26.0. The Morgan fingerprint density at radius 2 is 0.480 bits per heavy atom. The van der Waals surface area contributed by atoms with Crippen LogP contribution in [0, 0.1) is 49.0 Å². The third-order valence-corrected chi connectivity index (χ3v) is 23.0. The summed E-state index contributed by atoms with van der Waals surface area (Å²) in [5, 5.41) is 3.44. The molecule has 29 nitrogen and oxygen atoms in total. The first-order valence-corrected chi connectivity index (χ1v) is 41.8. The number of nitrogens with two attached hydrogens (primary N) is 2. The van der Waals surface area contributed by atoms with E-state index in [4.69, 9.17) is 31.4 Å². The highest BCUT2D eigenvalue weighted by atomic mass is 79.9. The largest absolute Gasteiger partial charge is 0.395 e. The van der Waals surface area contributed by atoms with E-state index in [0.717, 1.165) is 45.0 Å². The SMILES string of the molecule is Brc1nc2c3nccnc3c3nccnc3c2nc1Br.Cc1ccccc1N(c1ccccc1C)c1nc2c3nccnc3c3nccnc3c2nc1Br.Cc1ccccc1N(c1cnc2c3nccnc3c3nccnc3c2n1)c1ccccc1C.Cc1ccccc1Nc1ccccc1C.Nc1c(N)c2nccnc2c2nccnc12.O=C(Br)C(=O)Br.[CH3-]. The van der Waals surface area contributed by atoms with Gasteiger partial charge in [-0.2, -0.15) is 0 Å². The molecule has 0 radical (unpaired) electrons. The molecule has 5 N–H and O–H groups in total. The van der Waals surface area contributed by atoms with Gasteiger partial charge in [-0.3, -0.25) is 99.1 Å². The van der Waals surface area contributed by atoms with Gasteiger partial charge < -0.3 is 24.2 Å². The number of halogens is 5. The van der Waals surface area contributed by atoms with Gasteiger partial charge in [-0.05, 0) is 159 Å². The van der Waals surface area contributed by atoms with Crippen molar-refractivity contribution in [2.45, 2.75) is 41.5 Å². The van der Waals surface area contributed by atoms with E-state index in [1.807, 2.05) is 60.7 Å². The summed E-state index contributed by atoms with van der Waals surface area (Å²) in [6.07, 6.45) is 27.9. The highest BCUT2D eigenvalue weighted by Gasteiger charge is 2.27. The molecule has 0 aliphatic carbocycles. The van der Waals surface area contributed by atoms with Gasteiger partial charge in [0.25, 0.3) is 9.39 Å². The molecule has 0 aliphatic rings. The van der Waals surface area contributed by atoms with E-state index in [-0.39, 0.29) is 7.43 Å². The molecular formula is C91H67Br5N27O2-. The average Bonchev–Trinajstić information content (AvgIpc) is 0.760. The van der Waals surface area contributed by atoms with E-state index in [0.29, 0.717) is 158 Å². The highest BCUT2D eigenvalue weighted by molar-refractivity contribution is 9.24. The molecule has 21 aromatic rings. The minimum atomic E-state index is -0.650. The Morgan fingerprint density at radius 3 is 0.760 bits per heavy atom. The van der Waals surface area contributed by atoms with Crippen LogP contribution in [0.2, 0.25) is 0 Å². The number of aryl methyl sites for hydroxylation is 6. The molecule has 34 heteroatoms. The van der Waals surface area contributed by atoms with Crippen LogP contribution in [0.1, 0.15) is 33.4 Å². The summed E-state index contributed by atoms with van der Waals surface area (Å²) in [6.45, 7) is 12.6. The van der Waals surface area contributed by atoms with E-state index in [1.165, 1.54) is 22.5 Å². The van der Waals surface area contributed by atoms with Crippen molar-refractivity contribution in [3.8, 4) is 0 Å². The Bertz CT molecular complexity index is 7420. The molecule has 10 aromatic carbocycles. The molecule has 0 atom stereocenters. The number of rotatable bonds is 9. The molecule has 11 aromatic heterocycles.